The first-order valence-electron chi connectivity index (χ1n) is 7.21. The average Bonchev–Trinajstić information content (AvgIpc) is 2.98. The zero-order valence-corrected chi connectivity index (χ0v) is 13.1. The first-order valence-corrected chi connectivity index (χ1v) is 7.21. The number of hydrogen-bond acceptors (Lipinski definition) is 3. The van der Waals surface area contributed by atoms with Crippen molar-refractivity contribution in [2.24, 2.45) is 7.05 Å². The first kappa shape index (κ1) is 15.3. The molecule has 1 atom stereocenters. The van der Waals surface area contributed by atoms with Gasteiger partial charge in [0, 0.05) is 44.1 Å². The highest BCUT2D eigenvalue weighted by Crippen LogP contribution is 2.13. The van der Waals surface area contributed by atoms with E-state index >= 15 is 0 Å². The van der Waals surface area contributed by atoms with Crippen LogP contribution in [0.4, 0.5) is 0 Å². The van der Waals surface area contributed by atoms with Crippen molar-refractivity contribution in [2.75, 3.05) is 0 Å². The van der Waals surface area contributed by atoms with E-state index in [1.54, 1.807) is 12.5 Å². The van der Waals surface area contributed by atoms with Gasteiger partial charge in [-0.1, -0.05) is 0 Å². The zero-order valence-electron chi connectivity index (χ0n) is 13.1. The summed E-state index contributed by atoms with van der Waals surface area (Å²) in [6.45, 7) is 6.76. The molecule has 1 N–H and O–H groups in total. The van der Waals surface area contributed by atoms with Crippen molar-refractivity contribution in [1.82, 2.24) is 24.6 Å². The van der Waals surface area contributed by atoms with Crippen LogP contribution in [0.3, 0.4) is 0 Å². The Morgan fingerprint density at radius 2 is 2.19 bits per heavy atom. The minimum atomic E-state index is 0.0743. The lowest BCUT2D eigenvalue weighted by Crippen LogP contribution is -2.35. The standard InChI is InChI=1S/C15H23N5O/c1-11(9-20-8-7-16-10-20)17-15(21)6-5-14-12(2)18-19(4)13(14)3/h7-8,10-11H,5-6,9H2,1-4H3,(H,17,21)/t11-/m0/s1. The Labute approximate surface area is 125 Å². The summed E-state index contributed by atoms with van der Waals surface area (Å²) in [5.41, 5.74) is 3.32. The number of rotatable bonds is 6. The summed E-state index contributed by atoms with van der Waals surface area (Å²) in [6, 6.07) is 0.0859. The second-order valence-corrected chi connectivity index (χ2v) is 5.50. The van der Waals surface area contributed by atoms with Crippen LogP contribution in [-0.4, -0.2) is 31.3 Å². The molecule has 0 unspecified atom stereocenters. The summed E-state index contributed by atoms with van der Waals surface area (Å²) < 4.78 is 3.82. The maximum atomic E-state index is 12.0. The Bertz CT molecular complexity index is 600. The van der Waals surface area contributed by atoms with Gasteiger partial charge in [0.2, 0.25) is 5.91 Å². The molecule has 2 rings (SSSR count). The van der Waals surface area contributed by atoms with Crippen LogP contribution < -0.4 is 5.32 Å². The van der Waals surface area contributed by atoms with Crippen molar-refractivity contribution < 1.29 is 4.79 Å². The number of amides is 1. The van der Waals surface area contributed by atoms with E-state index in [0.717, 1.165) is 24.4 Å². The summed E-state index contributed by atoms with van der Waals surface area (Å²) in [5, 5.41) is 7.39. The van der Waals surface area contributed by atoms with Crippen molar-refractivity contribution in [1.29, 1.82) is 0 Å². The predicted molar refractivity (Wildman–Crippen MR) is 80.8 cm³/mol. The number of hydrogen-bond donors (Lipinski definition) is 1. The van der Waals surface area contributed by atoms with Crippen molar-refractivity contribution in [3.63, 3.8) is 0 Å². The Morgan fingerprint density at radius 1 is 1.43 bits per heavy atom. The largest absolute Gasteiger partial charge is 0.352 e. The molecule has 1 amide bonds. The topological polar surface area (TPSA) is 64.7 Å². The maximum Gasteiger partial charge on any atom is 0.220 e. The lowest BCUT2D eigenvalue weighted by molar-refractivity contribution is -0.121. The fraction of sp³-hybridized carbons (Fsp3) is 0.533. The molecule has 2 aromatic heterocycles. The molecule has 0 fully saturated rings. The van der Waals surface area contributed by atoms with E-state index in [-0.39, 0.29) is 11.9 Å². The second kappa shape index (κ2) is 6.56. The zero-order chi connectivity index (χ0) is 15.4. The second-order valence-electron chi connectivity index (χ2n) is 5.50. The number of aryl methyl sites for hydroxylation is 2. The van der Waals surface area contributed by atoms with E-state index in [1.807, 2.05) is 43.3 Å². The fourth-order valence-corrected chi connectivity index (χ4v) is 2.52. The van der Waals surface area contributed by atoms with Gasteiger partial charge < -0.3 is 9.88 Å². The third-order valence-electron chi connectivity index (χ3n) is 3.71. The van der Waals surface area contributed by atoms with Crippen molar-refractivity contribution in [2.45, 2.75) is 46.2 Å². The molecule has 2 heterocycles. The van der Waals surface area contributed by atoms with Gasteiger partial charge in [-0.2, -0.15) is 5.10 Å². The van der Waals surface area contributed by atoms with Crippen LogP contribution in [0.5, 0.6) is 0 Å². The van der Waals surface area contributed by atoms with Gasteiger partial charge in [0.15, 0.2) is 0 Å². The van der Waals surface area contributed by atoms with Crippen LogP contribution in [0.15, 0.2) is 18.7 Å². The predicted octanol–water partition coefficient (Wildman–Crippen LogP) is 1.37. The molecule has 0 radical (unpaired) electrons. The van der Waals surface area contributed by atoms with Gasteiger partial charge in [0.1, 0.15) is 0 Å². The summed E-state index contributed by atoms with van der Waals surface area (Å²) in [6.07, 6.45) is 6.61. The minimum absolute atomic E-state index is 0.0743. The van der Waals surface area contributed by atoms with Gasteiger partial charge in [-0.25, -0.2) is 4.98 Å². The summed E-state index contributed by atoms with van der Waals surface area (Å²) in [4.78, 5) is 16.0. The third-order valence-corrected chi connectivity index (χ3v) is 3.71. The number of imidazole rings is 1. The van der Waals surface area contributed by atoms with Gasteiger partial charge >= 0.3 is 0 Å². The Balaban J connectivity index is 1.82. The van der Waals surface area contributed by atoms with E-state index < -0.39 is 0 Å². The Kier molecular flexibility index (Phi) is 4.77. The maximum absolute atomic E-state index is 12.0. The van der Waals surface area contributed by atoms with E-state index in [2.05, 4.69) is 15.4 Å². The van der Waals surface area contributed by atoms with Gasteiger partial charge in [0.05, 0.1) is 12.0 Å². The van der Waals surface area contributed by atoms with Crippen molar-refractivity contribution >= 4 is 5.91 Å². The Hall–Kier alpha value is -2.11. The molecule has 114 valence electrons. The highest BCUT2D eigenvalue weighted by atomic mass is 16.1. The first-order chi connectivity index (χ1) is 9.97. The lowest BCUT2D eigenvalue weighted by Gasteiger charge is -2.14. The lowest BCUT2D eigenvalue weighted by atomic mass is 10.1. The molecule has 0 aliphatic heterocycles. The number of carbonyl (C=O) groups is 1. The summed E-state index contributed by atoms with van der Waals surface area (Å²) in [5.74, 6) is 0.0743. The Morgan fingerprint density at radius 3 is 2.76 bits per heavy atom. The van der Waals surface area contributed by atoms with Crippen LogP contribution in [-0.2, 0) is 24.8 Å². The van der Waals surface area contributed by atoms with Gasteiger partial charge in [-0.15, -0.1) is 0 Å². The van der Waals surface area contributed by atoms with Crippen molar-refractivity contribution in [3.8, 4) is 0 Å². The molecule has 6 nitrogen and oxygen atoms in total. The molecule has 0 aliphatic carbocycles. The van der Waals surface area contributed by atoms with Crippen LogP contribution in [0, 0.1) is 13.8 Å². The highest BCUT2D eigenvalue weighted by molar-refractivity contribution is 5.76. The van der Waals surface area contributed by atoms with Crippen LogP contribution >= 0.6 is 0 Å². The van der Waals surface area contributed by atoms with E-state index in [0.29, 0.717) is 6.42 Å². The molecular formula is C15H23N5O. The molecule has 0 spiro atoms. The van der Waals surface area contributed by atoms with Gasteiger partial charge in [-0.05, 0) is 32.8 Å². The normalized spacial score (nSPS) is 12.4. The van der Waals surface area contributed by atoms with E-state index in [9.17, 15) is 4.79 Å². The number of aromatic nitrogens is 4. The number of nitrogens with one attached hydrogen (secondary N) is 1. The quantitative estimate of drug-likeness (QED) is 0.873. The van der Waals surface area contributed by atoms with Gasteiger partial charge in [-0.3, -0.25) is 9.48 Å². The molecule has 0 saturated heterocycles. The van der Waals surface area contributed by atoms with Crippen LogP contribution in [0.1, 0.15) is 30.3 Å². The fourth-order valence-electron chi connectivity index (χ4n) is 2.52. The molecule has 2 aromatic rings. The van der Waals surface area contributed by atoms with Crippen LogP contribution in [0.2, 0.25) is 0 Å². The molecule has 21 heavy (non-hydrogen) atoms. The molecular weight excluding hydrogens is 266 g/mol. The number of carbonyl (C=O) groups excluding carboxylic acids is 1. The summed E-state index contributed by atoms with van der Waals surface area (Å²) in [7, 11) is 1.93. The van der Waals surface area contributed by atoms with E-state index in [4.69, 9.17) is 0 Å². The summed E-state index contributed by atoms with van der Waals surface area (Å²) >= 11 is 0. The minimum Gasteiger partial charge on any atom is -0.352 e. The van der Waals surface area contributed by atoms with Crippen molar-refractivity contribution in [3.05, 3.63) is 35.7 Å². The molecule has 6 heteroatoms. The highest BCUT2D eigenvalue weighted by Gasteiger charge is 2.12. The number of nitrogens with zero attached hydrogens (tertiary/aromatic N) is 4. The third kappa shape index (κ3) is 3.93. The molecule has 0 aromatic carbocycles. The molecule has 0 saturated carbocycles. The molecule has 0 aliphatic rings. The monoisotopic (exact) mass is 289 g/mol. The average molecular weight is 289 g/mol. The molecule has 0 bridgehead atoms. The smallest absolute Gasteiger partial charge is 0.220 e. The van der Waals surface area contributed by atoms with E-state index in [1.165, 1.54) is 5.56 Å². The SMILES string of the molecule is Cc1nn(C)c(C)c1CCC(=O)N[C@@H](C)Cn1ccnc1. The van der Waals surface area contributed by atoms with Crippen LogP contribution in [0.25, 0.3) is 0 Å². The van der Waals surface area contributed by atoms with Gasteiger partial charge in [0.25, 0.3) is 0 Å².